The molecule has 2 aliphatic carbocycles. The summed E-state index contributed by atoms with van der Waals surface area (Å²) < 4.78 is 0. The van der Waals surface area contributed by atoms with Gasteiger partial charge in [0, 0.05) is 35.8 Å². The predicted octanol–water partition coefficient (Wildman–Crippen LogP) is 11.1. The van der Waals surface area contributed by atoms with E-state index in [1.807, 2.05) is 85.1 Å². The smallest absolute Gasteiger partial charge is 0.303 e. The van der Waals surface area contributed by atoms with Crippen molar-refractivity contribution in [2.75, 3.05) is 10.6 Å². The Hall–Kier alpha value is -6.90. The second-order valence-electron chi connectivity index (χ2n) is 15.7. The number of aryl methyl sites for hydroxylation is 1. The van der Waals surface area contributed by atoms with Crippen LogP contribution in [0.15, 0.2) is 139 Å². The molecule has 3 aliphatic rings. The SMILES string of the molecule is C1=CNc2ccccc2N=C1.Cc1ccc2c(c1C)CC(C(=O)c1ccc(NC(=O)c3ccccc3-c3ccc(CN)cc3)cc1)c1c-2ccc2c1CCCC2CC(=O)O. The van der Waals surface area contributed by atoms with E-state index in [0.29, 0.717) is 29.8 Å². The zero-order valence-electron chi connectivity index (χ0n) is 33.9. The first kappa shape index (κ1) is 39.9. The van der Waals surface area contributed by atoms with Crippen LogP contribution in [0.25, 0.3) is 22.3 Å². The normalized spacial score (nSPS) is 15.7. The number of anilines is 2. The number of Topliss-reactive ketones (excluding diaryl/α,β-unsaturated/α-hetero) is 1. The van der Waals surface area contributed by atoms with Crippen LogP contribution in [0.1, 0.15) is 90.8 Å². The molecule has 0 radical (unpaired) electrons. The number of allylic oxidation sites excluding steroid dienone is 1. The number of carboxylic acid groups (broad SMARTS) is 1. The van der Waals surface area contributed by atoms with Crippen molar-refractivity contribution in [3.8, 4) is 22.3 Å². The zero-order chi connectivity index (χ0) is 41.8. The average molecular weight is 793 g/mol. The minimum absolute atomic E-state index is 0.0331. The number of hydrogen-bond acceptors (Lipinski definition) is 6. The molecule has 0 aromatic heterocycles. The van der Waals surface area contributed by atoms with Gasteiger partial charge in [-0.05, 0) is 155 Å². The van der Waals surface area contributed by atoms with E-state index in [4.69, 9.17) is 5.73 Å². The van der Waals surface area contributed by atoms with Gasteiger partial charge in [0.05, 0.1) is 23.7 Å². The van der Waals surface area contributed by atoms with E-state index in [2.05, 4.69) is 53.7 Å². The molecular formula is C52H48N4O4. The van der Waals surface area contributed by atoms with Crippen LogP contribution in [0.4, 0.5) is 17.1 Å². The molecule has 1 heterocycles. The Morgan fingerprint density at radius 1 is 0.817 bits per heavy atom. The summed E-state index contributed by atoms with van der Waals surface area (Å²) in [7, 11) is 0. The molecule has 0 saturated heterocycles. The maximum atomic E-state index is 14.5. The van der Waals surface area contributed by atoms with Crippen LogP contribution in [0.5, 0.6) is 0 Å². The number of nitrogens with one attached hydrogen (secondary N) is 2. The molecule has 2 atom stereocenters. The molecule has 300 valence electrons. The highest BCUT2D eigenvalue weighted by Gasteiger charge is 2.36. The summed E-state index contributed by atoms with van der Waals surface area (Å²) in [6, 6.07) is 39.1. The Kier molecular flexibility index (Phi) is 11.7. The highest BCUT2D eigenvalue weighted by atomic mass is 16.4. The molecular weight excluding hydrogens is 745 g/mol. The number of carboxylic acids is 1. The number of aliphatic carboxylic acids is 1. The first-order chi connectivity index (χ1) is 29.2. The van der Waals surface area contributed by atoms with Crippen LogP contribution in [-0.2, 0) is 24.2 Å². The minimum atomic E-state index is -0.795. The van der Waals surface area contributed by atoms with E-state index >= 15 is 0 Å². The molecule has 0 fully saturated rings. The summed E-state index contributed by atoms with van der Waals surface area (Å²) in [5, 5.41) is 15.8. The van der Waals surface area contributed by atoms with Crippen molar-refractivity contribution >= 4 is 40.9 Å². The summed E-state index contributed by atoms with van der Waals surface area (Å²) in [4.78, 5) is 44.0. The van der Waals surface area contributed by atoms with Crippen molar-refractivity contribution in [3.63, 3.8) is 0 Å². The van der Waals surface area contributed by atoms with E-state index in [-0.39, 0.29) is 29.9 Å². The minimum Gasteiger partial charge on any atom is -0.481 e. The van der Waals surface area contributed by atoms with Crippen molar-refractivity contribution < 1.29 is 19.5 Å². The number of carbonyl (C=O) groups excluding carboxylic acids is 2. The Labute approximate surface area is 350 Å². The van der Waals surface area contributed by atoms with E-state index in [1.54, 1.807) is 30.5 Å². The number of hydrogen-bond donors (Lipinski definition) is 4. The molecule has 60 heavy (non-hydrogen) atoms. The Morgan fingerprint density at radius 2 is 1.57 bits per heavy atom. The third-order valence-electron chi connectivity index (χ3n) is 12.1. The number of amides is 1. The van der Waals surface area contributed by atoms with Crippen molar-refractivity contribution in [3.05, 3.63) is 184 Å². The zero-order valence-corrected chi connectivity index (χ0v) is 33.9. The van der Waals surface area contributed by atoms with Crippen LogP contribution in [0.3, 0.4) is 0 Å². The summed E-state index contributed by atoms with van der Waals surface area (Å²) in [5.74, 6) is -1.44. The van der Waals surface area contributed by atoms with E-state index < -0.39 is 5.97 Å². The number of aliphatic imine (C=N–C) groups is 1. The first-order valence-electron chi connectivity index (χ1n) is 20.6. The van der Waals surface area contributed by atoms with Gasteiger partial charge in [0.15, 0.2) is 5.78 Å². The molecule has 2 unspecified atom stereocenters. The number of para-hydroxylation sites is 2. The van der Waals surface area contributed by atoms with Gasteiger partial charge >= 0.3 is 5.97 Å². The lowest BCUT2D eigenvalue weighted by atomic mass is 9.68. The molecule has 0 bridgehead atoms. The monoisotopic (exact) mass is 792 g/mol. The topological polar surface area (TPSA) is 134 Å². The molecule has 8 nitrogen and oxygen atoms in total. The Balaban J connectivity index is 0.000000390. The van der Waals surface area contributed by atoms with Crippen molar-refractivity contribution in [2.24, 2.45) is 10.7 Å². The predicted molar refractivity (Wildman–Crippen MR) is 242 cm³/mol. The molecule has 1 amide bonds. The molecule has 1 aliphatic heterocycles. The molecule has 0 spiro atoms. The number of ketones is 1. The van der Waals surface area contributed by atoms with Crippen molar-refractivity contribution in [1.82, 2.24) is 0 Å². The van der Waals surface area contributed by atoms with Crippen LogP contribution in [0, 0.1) is 13.8 Å². The molecule has 5 N–H and O–H groups in total. The third kappa shape index (κ3) is 8.20. The lowest BCUT2D eigenvalue weighted by Gasteiger charge is -2.35. The fraction of sp³-hybridized carbons (Fsp3) is 0.192. The third-order valence-corrected chi connectivity index (χ3v) is 12.1. The van der Waals surface area contributed by atoms with Crippen molar-refractivity contribution in [2.45, 2.75) is 64.3 Å². The van der Waals surface area contributed by atoms with Gasteiger partial charge in [0.1, 0.15) is 0 Å². The fourth-order valence-electron chi connectivity index (χ4n) is 8.88. The number of benzene rings is 6. The van der Waals surface area contributed by atoms with E-state index in [0.717, 1.165) is 69.6 Å². The summed E-state index contributed by atoms with van der Waals surface area (Å²) in [6.07, 6.45) is 8.78. The average Bonchev–Trinajstić information content (AvgIpc) is 3.53. The van der Waals surface area contributed by atoms with E-state index in [1.165, 1.54) is 22.3 Å². The number of carbonyl (C=O) groups is 3. The second kappa shape index (κ2) is 17.5. The summed E-state index contributed by atoms with van der Waals surface area (Å²) in [5.41, 5.74) is 21.4. The number of rotatable bonds is 8. The quantitative estimate of drug-likeness (QED) is 0.113. The van der Waals surface area contributed by atoms with Crippen LogP contribution >= 0.6 is 0 Å². The lowest BCUT2D eigenvalue weighted by Crippen LogP contribution is -2.25. The maximum Gasteiger partial charge on any atom is 0.303 e. The molecule has 6 aromatic rings. The van der Waals surface area contributed by atoms with Crippen LogP contribution in [-0.4, -0.2) is 29.0 Å². The van der Waals surface area contributed by atoms with Gasteiger partial charge < -0.3 is 21.5 Å². The largest absolute Gasteiger partial charge is 0.481 e. The summed E-state index contributed by atoms with van der Waals surface area (Å²) in [6.45, 7) is 4.69. The highest BCUT2D eigenvalue weighted by molar-refractivity contribution is 6.09. The number of fused-ring (bicyclic) bond motifs is 6. The number of nitrogens with zero attached hydrogens (tertiary/aromatic N) is 1. The van der Waals surface area contributed by atoms with Gasteiger partial charge in [-0.25, -0.2) is 0 Å². The van der Waals surface area contributed by atoms with Gasteiger partial charge in [0.25, 0.3) is 5.91 Å². The van der Waals surface area contributed by atoms with E-state index in [9.17, 15) is 19.5 Å². The van der Waals surface area contributed by atoms with Crippen LogP contribution < -0.4 is 16.4 Å². The lowest BCUT2D eigenvalue weighted by molar-refractivity contribution is -0.137. The van der Waals surface area contributed by atoms with Gasteiger partial charge in [-0.2, -0.15) is 0 Å². The fourth-order valence-corrected chi connectivity index (χ4v) is 8.88. The van der Waals surface area contributed by atoms with Crippen molar-refractivity contribution in [1.29, 1.82) is 0 Å². The second-order valence-corrected chi connectivity index (χ2v) is 15.7. The van der Waals surface area contributed by atoms with Crippen LogP contribution in [0.2, 0.25) is 0 Å². The maximum absolute atomic E-state index is 14.5. The van der Waals surface area contributed by atoms with Gasteiger partial charge in [0.2, 0.25) is 0 Å². The first-order valence-corrected chi connectivity index (χ1v) is 20.6. The standard InChI is InChI=1S/C43H40N2O4.C9H8N2/c1-25-10-19-34-36-21-20-33-30(22-40(46)47)6-5-9-35(33)41(36)39(23-38(34)26(25)2)42(48)29-15-17-31(18-16-29)45-43(49)37-8-4-3-7-32(37)28-13-11-27(24-44)12-14-28;1-2-5-9-8(4-1)10-6-3-7-11-9/h3-4,7-8,10-21,30,39H,5-6,9,22-24,44H2,1-2H3,(H,45,49)(H,46,47);1-7,10H. The van der Waals surface area contributed by atoms with Gasteiger partial charge in [-0.3, -0.25) is 19.4 Å². The summed E-state index contributed by atoms with van der Waals surface area (Å²) >= 11 is 0. The Bertz CT molecular complexity index is 2660. The molecule has 0 saturated carbocycles. The number of nitrogens with two attached hydrogens (primary N) is 1. The molecule has 9 rings (SSSR count). The highest BCUT2D eigenvalue weighted by Crippen LogP contribution is 2.48. The van der Waals surface area contributed by atoms with Gasteiger partial charge in [-0.15, -0.1) is 0 Å². The molecule has 6 aromatic carbocycles. The molecule has 8 heteroatoms. The van der Waals surface area contributed by atoms with Gasteiger partial charge in [-0.1, -0.05) is 78.9 Å². The Morgan fingerprint density at radius 3 is 2.35 bits per heavy atom.